The standard InChI is InChI=1S/C11H12N2O/c1-8(7-12)11(13)9-3-5-10(14-2)6-4-9/h3-6,8,13H,1-2H3. The van der Waals surface area contributed by atoms with Crippen LogP contribution >= 0.6 is 0 Å². The van der Waals surface area contributed by atoms with Crippen molar-refractivity contribution >= 4 is 5.71 Å². The molecule has 1 rings (SSSR count). The van der Waals surface area contributed by atoms with Crippen LogP contribution < -0.4 is 4.74 Å². The largest absolute Gasteiger partial charge is 0.497 e. The molecule has 0 saturated heterocycles. The lowest BCUT2D eigenvalue weighted by molar-refractivity contribution is 0.415. The molecule has 0 spiro atoms. The summed E-state index contributed by atoms with van der Waals surface area (Å²) in [6.07, 6.45) is 0. The lowest BCUT2D eigenvalue weighted by Crippen LogP contribution is -2.08. The maximum atomic E-state index is 8.65. The average Bonchev–Trinajstić information content (AvgIpc) is 2.27. The maximum absolute atomic E-state index is 8.65. The third kappa shape index (κ3) is 2.11. The maximum Gasteiger partial charge on any atom is 0.118 e. The van der Waals surface area contributed by atoms with Crippen molar-refractivity contribution in [2.45, 2.75) is 6.92 Å². The summed E-state index contributed by atoms with van der Waals surface area (Å²) in [5.41, 5.74) is 1.11. The fraction of sp³-hybridized carbons (Fsp3) is 0.273. The molecule has 0 aromatic heterocycles. The Morgan fingerprint density at radius 3 is 2.43 bits per heavy atom. The van der Waals surface area contributed by atoms with Gasteiger partial charge in [-0.15, -0.1) is 0 Å². The minimum Gasteiger partial charge on any atom is -0.497 e. The summed E-state index contributed by atoms with van der Waals surface area (Å²) in [7, 11) is 1.60. The fourth-order valence-corrected chi connectivity index (χ4v) is 1.09. The van der Waals surface area contributed by atoms with E-state index in [0.717, 1.165) is 11.3 Å². The van der Waals surface area contributed by atoms with E-state index in [9.17, 15) is 0 Å². The van der Waals surface area contributed by atoms with Crippen molar-refractivity contribution in [2.75, 3.05) is 7.11 Å². The topological polar surface area (TPSA) is 56.9 Å². The Morgan fingerprint density at radius 1 is 1.43 bits per heavy atom. The van der Waals surface area contributed by atoms with Gasteiger partial charge in [0.05, 0.1) is 24.8 Å². The summed E-state index contributed by atoms with van der Waals surface area (Å²) >= 11 is 0. The van der Waals surface area contributed by atoms with Crippen LogP contribution in [0, 0.1) is 22.7 Å². The number of nitriles is 1. The van der Waals surface area contributed by atoms with Crippen molar-refractivity contribution in [3.05, 3.63) is 29.8 Å². The minimum atomic E-state index is -0.372. The monoisotopic (exact) mass is 188 g/mol. The van der Waals surface area contributed by atoms with E-state index >= 15 is 0 Å². The Kier molecular flexibility index (Phi) is 3.24. The second-order valence-electron chi connectivity index (χ2n) is 2.99. The zero-order valence-corrected chi connectivity index (χ0v) is 8.24. The average molecular weight is 188 g/mol. The molecule has 1 unspecified atom stereocenters. The molecule has 0 bridgehead atoms. The van der Waals surface area contributed by atoms with E-state index < -0.39 is 0 Å². The van der Waals surface area contributed by atoms with Crippen LogP contribution in [0.4, 0.5) is 0 Å². The molecule has 1 N–H and O–H groups in total. The molecule has 0 amide bonds. The number of ether oxygens (including phenoxy) is 1. The fourth-order valence-electron chi connectivity index (χ4n) is 1.09. The Bertz CT molecular complexity index is 362. The molecule has 0 aliphatic carbocycles. The highest BCUT2D eigenvalue weighted by atomic mass is 16.5. The quantitative estimate of drug-likeness (QED) is 0.739. The van der Waals surface area contributed by atoms with Crippen LogP contribution in [0.25, 0.3) is 0 Å². The zero-order valence-electron chi connectivity index (χ0n) is 8.24. The van der Waals surface area contributed by atoms with E-state index in [0.29, 0.717) is 5.71 Å². The number of nitrogens with zero attached hydrogens (tertiary/aromatic N) is 1. The second-order valence-corrected chi connectivity index (χ2v) is 2.99. The van der Waals surface area contributed by atoms with Crippen LogP contribution in [-0.2, 0) is 0 Å². The van der Waals surface area contributed by atoms with Gasteiger partial charge >= 0.3 is 0 Å². The van der Waals surface area contributed by atoms with E-state index in [4.69, 9.17) is 15.4 Å². The Balaban J connectivity index is 2.88. The van der Waals surface area contributed by atoms with Gasteiger partial charge in [-0.25, -0.2) is 0 Å². The van der Waals surface area contributed by atoms with Crippen molar-refractivity contribution < 1.29 is 4.74 Å². The highest BCUT2D eigenvalue weighted by molar-refractivity contribution is 6.01. The number of rotatable bonds is 3. The van der Waals surface area contributed by atoms with Gasteiger partial charge in [0.15, 0.2) is 0 Å². The normalized spacial score (nSPS) is 11.5. The van der Waals surface area contributed by atoms with Gasteiger partial charge in [0.2, 0.25) is 0 Å². The highest BCUT2D eigenvalue weighted by Gasteiger charge is 2.09. The first-order valence-electron chi connectivity index (χ1n) is 4.31. The van der Waals surface area contributed by atoms with E-state index in [1.807, 2.05) is 6.07 Å². The molecule has 1 atom stereocenters. The third-order valence-corrected chi connectivity index (χ3v) is 2.03. The summed E-state index contributed by atoms with van der Waals surface area (Å²) in [6.45, 7) is 1.71. The van der Waals surface area contributed by atoms with Gasteiger partial charge in [0.25, 0.3) is 0 Å². The van der Waals surface area contributed by atoms with E-state index in [1.165, 1.54) is 0 Å². The third-order valence-electron chi connectivity index (χ3n) is 2.03. The van der Waals surface area contributed by atoms with Crippen molar-refractivity contribution in [1.82, 2.24) is 0 Å². The smallest absolute Gasteiger partial charge is 0.118 e. The van der Waals surface area contributed by atoms with Crippen LogP contribution in [0.1, 0.15) is 12.5 Å². The van der Waals surface area contributed by atoms with Gasteiger partial charge in [-0.1, -0.05) is 0 Å². The molecule has 0 aliphatic rings. The predicted molar refractivity (Wildman–Crippen MR) is 54.6 cm³/mol. The highest BCUT2D eigenvalue weighted by Crippen LogP contribution is 2.14. The second kappa shape index (κ2) is 4.43. The molecule has 1 aromatic rings. The summed E-state index contributed by atoms with van der Waals surface area (Å²) in [5.74, 6) is 0.384. The summed E-state index contributed by atoms with van der Waals surface area (Å²) in [6, 6.07) is 9.18. The van der Waals surface area contributed by atoms with Gasteiger partial charge in [-0.2, -0.15) is 5.26 Å². The lowest BCUT2D eigenvalue weighted by atomic mass is 10.00. The molecule has 0 heterocycles. The summed E-state index contributed by atoms with van der Waals surface area (Å²) in [4.78, 5) is 0. The molecule has 0 radical (unpaired) electrons. The number of hydrogen-bond donors (Lipinski definition) is 1. The van der Waals surface area contributed by atoms with Gasteiger partial charge in [-0.05, 0) is 36.8 Å². The molecule has 1 aromatic carbocycles. The first kappa shape index (κ1) is 10.3. The number of benzene rings is 1. The molecular weight excluding hydrogens is 176 g/mol. The molecule has 0 aliphatic heterocycles. The Morgan fingerprint density at radius 2 is 2.00 bits per heavy atom. The number of nitrogens with one attached hydrogen (secondary N) is 1. The number of hydrogen-bond acceptors (Lipinski definition) is 3. The van der Waals surface area contributed by atoms with Gasteiger partial charge < -0.3 is 10.1 Å². The lowest BCUT2D eigenvalue weighted by Gasteiger charge is -2.06. The summed E-state index contributed by atoms with van der Waals surface area (Å²) in [5, 5.41) is 16.4. The molecule has 3 nitrogen and oxygen atoms in total. The SMILES string of the molecule is COc1ccc(C(=N)C(C)C#N)cc1. The first-order valence-corrected chi connectivity index (χ1v) is 4.31. The molecule has 3 heteroatoms. The van der Waals surface area contributed by atoms with Crippen molar-refractivity contribution in [3.63, 3.8) is 0 Å². The molecule has 72 valence electrons. The predicted octanol–water partition coefficient (Wildman–Crippen LogP) is 2.22. The van der Waals surface area contributed by atoms with Crippen molar-refractivity contribution in [2.24, 2.45) is 5.92 Å². The Hall–Kier alpha value is -1.82. The molecule has 14 heavy (non-hydrogen) atoms. The van der Waals surface area contributed by atoms with E-state index in [2.05, 4.69) is 0 Å². The first-order chi connectivity index (χ1) is 6.69. The summed E-state index contributed by atoms with van der Waals surface area (Å²) < 4.78 is 5.00. The molecule has 0 saturated carbocycles. The minimum absolute atomic E-state index is 0.343. The van der Waals surface area contributed by atoms with Crippen LogP contribution in [0.3, 0.4) is 0 Å². The number of methoxy groups -OCH3 is 1. The van der Waals surface area contributed by atoms with Gasteiger partial charge in [0.1, 0.15) is 5.75 Å². The van der Waals surface area contributed by atoms with Crippen molar-refractivity contribution in [3.8, 4) is 11.8 Å². The zero-order chi connectivity index (χ0) is 10.6. The van der Waals surface area contributed by atoms with Gasteiger partial charge in [0, 0.05) is 0 Å². The van der Waals surface area contributed by atoms with Crippen LogP contribution in [-0.4, -0.2) is 12.8 Å². The van der Waals surface area contributed by atoms with E-state index in [1.54, 1.807) is 38.3 Å². The van der Waals surface area contributed by atoms with Gasteiger partial charge in [-0.3, -0.25) is 0 Å². The van der Waals surface area contributed by atoms with Crippen LogP contribution in [0.2, 0.25) is 0 Å². The van der Waals surface area contributed by atoms with Crippen molar-refractivity contribution in [1.29, 1.82) is 10.7 Å². The van der Waals surface area contributed by atoms with E-state index in [-0.39, 0.29) is 5.92 Å². The van der Waals surface area contributed by atoms with Crippen LogP contribution in [0.5, 0.6) is 5.75 Å². The van der Waals surface area contributed by atoms with Crippen LogP contribution in [0.15, 0.2) is 24.3 Å². The molecular formula is C11H12N2O. The Labute approximate surface area is 83.4 Å². The molecule has 0 fully saturated rings.